The molecule has 0 aromatic heterocycles. The summed E-state index contributed by atoms with van der Waals surface area (Å²) in [6.07, 6.45) is 14.2. The van der Waals surface area contributed by atoms with Crippen LogP contribution in [0.1, 0.15) is 78.1 Å². The molecular formula is C15H33NS. The van der Waals surface area contributed by atoms with Gasteiger partial charge in [-0.05, 0) is 26.9 Å². The largest absolute Gasteiger partial charge is 0.295 e. The summed E-state index contributed by atoms with van der Waals surface area (Å²) in [5.41, 5.74) is 0. The van der Waals surface area contributed by atoms with Gasteiger partial charge in [0.25, 0.3) is 0 Å². The van der Waals surface area contributed by atoms with Crippen molar-refractivity contribution in [2.24, 2.45) is 0 Å². The first-order valence-corrected chi connectivity index (χ1v) is 8.08. The van der Waals surface area contributed by atoms with Crippen molar-refractivity contribution < 1.29 is 0 Å². The molecule has 0 aliphatic rings. The second-order valence-electron chi connectivity index (χ2n) is 5.29. The van der Waals surface area contributed by atoms with Gasteiger partial charge in [0.2, 0.25) is 0 Å². The van der Waals surface area contributed by atoms with Gasteiger partial charge in [0.05, 0.1) is 0 Å². The van der Waals surface area contributed by atoms with Crippen molar-refractivity contribution in [1.29, 1.82) is 0 Å². The van der Waals surface area contributed by atoms with Gasteiger partial charge in [0.1, 0.15) is 0 Å². The Morgan fingerprint density at radius 2 is 1.24 bits per heavy atom. The number of hydrogen-bond acceptors (Lipinski definition) is 2. The first kappa shape index (κ1) is 17.3. The lowest BCUT2D eigenvalue weighted by atomic mass is 10.1. The molecule has 0 saturated carbocycles. The molecule has 0 heterocycles. The lowest BCUT2D eigenvalue weighted by Crippen LogP contribution is -2.25. The molecule has 2 heteroatoms. The highest BCUT2D eigenvalue weighted by atomic mass is 32.1. The summed E-state index contributed by atoms with van der Waals surface area (Å²) in [6, 6.07) is 0. The van der Waals surface area contributed by atoms with Crippen molar-refractivity contribution >= 4 is 12.6 Å². The summed E-state index contributed by atoms with van der Waals surface area (Å²) in [5.74, 6) is 0. The van der Waals surface area contributed by atoms with Crippen LogP contribution in [0.25, 0.3) is 0 Å². The minimum Gasteiger partial charge on any atom is -0.295 e. The van der Waals surface area contributed by atoms with Crippen molar-refractivity contribution in [3.63, 3.8) is 0 Å². The van der Waals surface area contributed by atoms with Gasteiger partial charge in [0.15, 0.2) is 0 Å². The number of thiol groups is 1. The molecule has 0 bridgehead atoms. The van der Waals surface area contributed by atoms with Crippen LogP contribution in [0.5, 0.6) is 0 Å². The third kappa shape index (κ3) is 12.6. The molecule has 0 N–H and O–H groups in total. The second kappa shape index (κ2) is 12.8. The van der Waals surface area contributed by atoms with Gasteiger partial charge >= 0.3 is 0 Å². The molecule has 0 fully saturated rings. The SMILES string of the molecule is CCCCCCCCCCCCN(C)C(C)S. The van der Waals surface area contributed by atoms with E-state index in [1.807, 2.05) is 0 Å². The van der Waals surface area contributed by atoms with Gasteiger partial charge in [-0.1, -0.05) is 64.7 Å². The summed E-state index contributed by atoms with van der Waals surface area (Å²) >= 11 is 4.42. The van der Waals surface area contributed by atoms with E-state index in [0.717, 1.165) is 0 Å². The molecule has 1 nitrogen and oxygen atoms in total. The molecule has 1 atom stereocenters. The minimum atomic E-state index is 0.397. The van der Waals surface area contributed by atoms with E-state index in [9.17, 15) is 0 Å². The molecule has 104 valence electrons. The molecule has 1 unspecified atom stereocenters. The van der Waals surface area contributed by atoms with E-state index in [-0.39, 0.29) is 0 Å². The zero-order valence-corrected chi connectivity index (χ0v) is 13.1. The van der Waals surface area contributed by atoms with Crippen molar-refractivity contribution in [2.75, 3.05) is 13.6 Å². The molecule has 0 saturated heterocycles. The highest BCUT2D eigenvalue weighted by Gasteiger charge is 2.02. The first-order valence-electron chi connectivity index (χ1n) is 7.56. The summed E-state index contributed by atoms with van der Waals surface area (Å²) in [4.78, 5) is 2.31. The fraction of sp³-hybridized carbons (Fsp3) is 1.00. The van der Waals surface area contributed by atoms with Crippen molar-refractivity contribution in [2.45, 2.75) is 83.4 Å². The Balaban J connectivity index is 3.03. The Bertz CT molecular complexity index is 148. The quantitative estimate of drug-likeness (QED) is 0.289. The molecule has 0 amide bonds. The van der Waals surface area contributed by atoms with Crippen LogP contribution in [0.2, 0.25) is 0 Å². The standard InChI is InChI=1S/C15H33NS/c1-4-5-6-7-8-9-10-11-12-13-14-16(3)15(2)17/h15,17H,4-14H2,1-3H3. The van der Waals surface area contributed by atoms with Crippen LogP contribution in [-0.2, 0) is 0 Å². The Hall–Kier alpha value is 0.310. The monoisotopic (exact) mass is 259 g/mol. The molecular weight excluding hydrogens is 226 g/mol. The topological polar surface area (TPSA) is 3.24 Å². The Labute approximate surface area is 115 Å². The summed E-state index contributed by atoms with van der Waals surface area (Å²) in [6.45, 7) is 5.61. The number of hydrogen-bond donors (Lipinski definition) is 1. The van der Waals surface area contributed by atoms with Gasteiger partial charge in [0, 0.05) is 5.37 Å². The van der Waals surface area contributed by atoms with Crippen molar-refractivity contribution in [3.8, 4) is 0 Å². The lowest BCUT2D eigenvalue weighted by molar-refractivity contribution is 0.319. The zero-order chi connectivity index (χ0) is 12.9. The smallest absolute Gasteiger partial charge is 0.0496 e. The first-order chi connectivity index (χ1) is 8.18. The number of unbranched alkanes of at least 4 members (excludes halogenated alkanes) is 9. The Morgan fingerprint density at radius 1 is 0.824 bits per heavy atom. The Kier molecular flexibility index (Phi) is 13.0. The predicted octanol–water partition coefficient (Wildman–Crippen LogP) is 5.11. The van der Waals surface area contributed by atoms with Crippen LogP contribution >= 0.6 is 12.6 Å². The average molecular weight is 260 g/mol. The van der Waals surface area contributed by atoms with E-state index in [1.165, 1.54) is 70.8 Å². The van der Waals surface area contributed by atoms with E-state index in [4.69, 9.17) is 0 Å². The maximum atomic E-state index is 4.42. The zero-order valence-electron chi connectivity index (χ0n) is 12.2. The molecule has 0 aliphatic carbocycles. The normalized spacial score (nSPS) is 13.2. The summed E-state index contributed by atoms with van der Waals surface area (Å²) < 4.78 is 0. The fourth-order valence-electron chi connectivity index (χ4n) is 2.04. The molecule has 0 aromatic rings. The summed E-state index contributed by atoms with van der Waals surface area (Å²) in [7, 11) is 2.16. The second-order valence-corrected chi connectivity index (χ2v) is 6.04. The number of rotatable bonds is 12. The van der Waals surface area contributed by atoms with Gasteiger partial charge in [-0.25, -0.2) is 0 Å². The predicted molar refractivity (Wildman–Crippen MR) is 82.9 cm³/mol. The molecule has 0 radical (unpaired) electrons. The summed E-state index contributed by atoms with van der Waals surface area (Å²) in [5, 5.41) is 0.397. The van der Waals surface area contributed by atoms with Gasteiger partial charge in [-0.3, -0.25) is 4.90 Å². The molecule has 0 aliphatic heterocycles. The van der Waals surface area contributed by atoms with Crippen LogP contribution in [0.3, 0.4) is 0 Å². The van der Waals surface area contributed by atoms with Gasteiger partial charge < -0.3 is 0 Å². The van der Waals surface area contributed by atoms with E-state index < -0.39 is 0 Å². The van der Waals surface area contributed by atoms with E-state index in [0.29, 0.717) is 5.37 Å². The lowest BCUT2D eigenvalue weighted by Gasteiger charge is -2.19. The van der Waals surface area contributed by atoms with E-state index >= 15 is 0 Å². The number of nitrogens with zero attached hydrogens (tertiary/aromatic N) is 1. The van der Waals surface area contributed by atoms with E-state index in [2.05, 4.69) is 38.4 Å². The molecule has 0 spiro atoms. The third-order valence-corrected chi connectivity index (χ3v) is 3.90. The van der Waals surface area contributed by atoms with Crippen molar-refractivity contribution in [3.05, 3.63) is 0 Å². The van der Waals surface area contributed by atoms with Crippen LogP contribution in [0.15, 0.2) is 0 Å². The fourth-order valence-corrected chi connectivity index (χ4v) is 2.15. The van der Waals surface area contributed by atoms with Crippen LogP contribution in [0.4, 0.5) is 0 Å². The van der Waals surface area contributed by atoms with E-state index in [1.54, 1.807) is 0 Å². The van der Waals surface area contributed by atoms with Crippen LogP contribution < -0.4 is 0 Å². The minimum absolute atomic E-state index is 0.397. The molecule has 17 heavy (non-hydrogen) atoms. The van der Waals surface area contributed by atoms with Gasteiger partial charge in [-0.15, -0.1) is 0 Å². The highest BCUT2D eigenvalue weighted by Crippen LogP contribution is 2.11. The third-order valence-electron chi connectivity index (χ3n) is 3.50. The molecule has 0 rings (SSSR count). The van der Waals surface area contributed by atoms with Crippen LogP contribution in [0, 0.1) is 0 Å². The Morgan fingerprint density at radius 3 is 1.65 bits per heavy atom. The van der Waals surface area contributed by atoms with Gasteiger partial charge in [-0.2, -0.15) is 12.6 Å². The highest BCUT2D eigenvalue weighted by molar-refractivity contribution is 7.80. The maximum Gasteiger partial charge on any atom is 0.0496 e. The van der Waals surface area contributed by atoms with Crippen LogP contribution in [-0.4, -0.2) is 23.9 Å². The van der Waals surface area contributed by atoms with Crippen molar-refractivity contribution in [1.82, 2.24) is 4.90 Å². The maximum absolute atomic E-state index is 4.42. The molecule has 0 aromatic carbocycles. The average Bonchev–Trinajstić information content (AvgIpc) is 2.31.